The first-order valence-corrected chi connectivity index (χ1v) is 17.7. The fraction of sp³-hybridized carbons (Fsp3) is 0.487. The van der Waals surface area contributed by atoms with E-state index in [9.17, 15) is 9.59 Å². The Bertz CT molecular complexity index is 1250. The molecule has 0 spiro atoms. The Morgan fingerprint density at radius 3 is 1.91 bits per heavy atom. The molecule has 0 saturated carbocycles. The van der Waals surface area contributed by atoms with Crippen LogP contribution in [-0.4, -0.2) is 53.0 Å². The Hall–Kier alpha value is -3.29. The van der Waals surface area contributed by atoms with Gasteiger partial charge < -0.3 is 19.1 Å². The number of carbonyl (C=O) groups is 2. The van der Waals surface area contributed by atoms with Crippen molar-refractivity contribution >= 4 is 24.0 Å². The number of esters is 1. The number of benzene rings is 3. The maximum absolute atomic E-state index is 13.8. The van der Waals surface area contributed by atoms with Crippen LogP contribution in [0.1, 0.15) is 82.4 Å². The van der Waals surface area contributed by atoms with Gasteiger partial charge in [-0.25, -0.2) is 9.59 Å². The number of nitrogens with zero attached hydrogens (tertiary/aromatic N) is 1. The first-order valence-electron chi connectivity index (χ1n) is 17.0. The molecule has 1 N–H and O–H groups in total. The number of ether oxygens (including phenoxy) is 1. The Kier molecular flexibility index (Phi) is 14.5. The summed E-state index contributed by atoms with van der Waals surface area (Å²) in [6.45, 7) is 7.21. The minimum Gasteiger partial charge on any atom is -0.461 e. The second-order valence-corrected chi connectivity index (χ2v) is 15.0. The van der Waals surface area contributed by atoms with E-state index >= 15 is 0 Å². The molecule has 0 aromatic heterocycles. The molecule has 4 rings (SSSR count). The normalized spacial score (nSPS) is 15.8. The second kappa shape index (κ2) is 18.8. The van der Waals surface area contributed by atoms with Gasteiger partial charge in [-0.2, -0.15) is 0 Å². The molecule has 0 aliphatic carbocycles. The van der Waals surface area contributed by atoms with Gasteiger partial charge in [0, 0.05) is 11.3 Å². The Morgan fingerprint density at radius 2 is 1.37 bits per heavy atom. The molecular formula is C39H52N2O4S. The van der Waals surface area contributed by atoms with Gasteiger partial charge in [-0.3, -0.25) is 0 Å². The van der Waals surface area contributed by atoms with Crippen LogP contribution < -0.4 is 5.32 Å². The number of nitrogens with one attached hydrogen (secondary N) is 1. The van der Waals surface area contributed by atoms with E-state index in [1.54, 1.807) is 4.90 Å². The number of likely N-dealkylation sites (tertiary alicyclic amines) is 1. The molecule has 3 aromatic rings. The molecular weight excluding hydrogens is 593 g/mol. The lowest BCUT2D eigenvalue weighted by Crippen LogP contribution is -2.55. The third-order valence-electron chi connectivity index (χ3n) is 8.22. The molecule has 0 bridgehead atoms. The third-order valence-corrected chi connectivity index (χ3v) is 8.97. The van der Waals surface area contributed by atoms with Gasteiger partial charge in [-0.05, 0) is 114 Å². The fourth-order valence-corrected chi connectivity index (χ4v) is 6.47. The summed E-state index contributed by atoms with van der Waals surface area (Å²) in [7, 11) is 0. The summed E-state index contributed by atoms with van der Waals surface area (Å²) in [5.41, 5.74) is 3.71. The zero-order valence-electron chi connectivity index (χ0n) is 27.9. The smallest absolute Gasteiger partial charge is 0.329 e. The van der Waals surface area contributed by atoms with Crippen molar-refractivity contribution in [2.24, 2.45) is 0 Å². The molecule has 1 aliphatic rings. The van der Waals surface area contributed by atoms with Gasteiger partial charge in [-0.15, -0.1) is 0 Å². The van der Waals surface area contributed by atoms with Gasteiger partial charge in [0.1, 0.15) is 12.1 Å². The van der Waals surface area contributed by atoms with Crippen LogP contribution in [0, 0.1) is 0 Å². The molecule has 3 aromatic carbocycles. The van der Waals surface area contributed by atoms with Crippen LogP contribution in [0.3, 0.4) is 0 Å². The zero-order chi connectivity index (χ0) is 32.6. The van der Waals surface area contributed by atoms with Crippen molar-refractivity contribution in [2.45, 2.75) is 108 Å². The van der Waals surface area contributed by atoms with Crippen LogP contribution in [0.2, 0.25) is 0 Å². The number of hydrogen-bond donors (Lipinski definition) is 1. The average molecular weight is 645 g/mol. The number of piperidine rings is 1. The molecule has 1 fully saturated rings. The van der Waals surface area contributed by atoms with Gasteiger partial charge in [0.05, 0.1) is 12.6 Å². The number of amides is 2. The van der Waals surface area contributed by atoms with Crippen LogP contribution in [0.15, 0.2) is 91.0 Å². The Balaban J connectivity index is 1.38. The largest absolute Gasteiger partial charge is 0.461 e. The molecule has 0 unspecified atom stereocenters. The SMILES string of the molecule is CC(C)(C)SOC[C@@H](Cc1ccccc1)NC(=O)N1CCCC[C@H]1C(=O)OC(CCCc1ccccc1)CCCc1ccccc1. The van der Waals surface area contributed by atoms with Crippen LogP contribution in [0.25, 0.3) is 0 Å². The first kappa shape index (κ1) is 35.6. The van der Waals surface area contributed by atoms with Gasteiger partial charge in [0.15, 0.2) is 0 Å². The number of rotatable bonds is 16. The minimum atomic E-state index is -0.582. The lowest BCUT2D eigenvalue weighted by molar-refractivity contribution is -0.156. The number of hydrogen-bond acceptors (Lipinski definition) is 5. The van der Waals surface area contributed by atoms with Gasteiger partial charge in [0.2, 0.25) is 0 Å². The molecule has 46 heavy (non-hydrogen) atoms. The van der Waals surface area contributed by atoms with Crippen molar-refractivity contribution in [3.8, 4) is 0 Å². The van der Waals surface area contributed by atoms with Crippen LogP contribution in [-0.2, 0) is 33.0 Å². The van der Waals surface area contributed by atoms with Crippen molar-refractivity contribution < 1.29 is 18.5 Å². The maximum atomic E-state index is 13.8. The average Bonchev–Trinajstić information content (AvgIpc) is 3.05. The van der Waals surface area contributed by atoms with Crippen LogP contribution in [0.4, 0.5) is 4.79 Å². The summed E-state index contributed by atoms with van der Waals surface area (Å²) in [6, 6.07) is 30.0. The predicted molar refractivity (Wildman–Crippen MR) is 189 cm³/mol. The molecule has 248 valence electrons. The predicted octanol–water partition coefficient (Wildman–Crippen LogP) is 8.58. The molecule has 1 saturated heterocycles. The molecule has 6 nitrogen and oxygen atoms in total. The quantitative estimate of drug-likeness (QED) is 0.125. The molecule has 1 heterocycles. The lowest BCUT2D eigenvalue weighted by atomic mass is 10.00. The highest BCUT2D eigenvalue weighted by atomic mass is 32.2. The summed E-state index contributed by atoms with van der Waals surface area (Å²) in [5, 5.41) is 3.21. The van der Waals surface area contributed by atoms with E-state index < -0.39 is 6.04 Å². The second-order valence-electron chi connectivity index (χ2n) is 13.3. The number of aryl methyl sites for hydroxylation is 2. The molecule has 0 radical (unpaired) electrons. The topological polar surface area (TPSA) is 67.9 Å². The van der Waals surface area contributed by atoms with Crippen molar-refractivity contribution in [3.63, 3.8) is 0 Å². The van der Waals surface area contributed by atoms with E-state index in [2.05, 4.69) is 86.8 Å². The van der Waals surface area contributed by atoms with Gasteiger partial charge >= 0.3 is 12.0 Å². The molecule has 7 heteroatoms. The summed E-state index contributed by atoms with van der Waals surface area (Å²) < 4.78 is 12.2. The highest BCUT2D eigenvalue weighted by Crippen LogP contribution is 2.25. The Morgan fingerprint density at radius 1 is 0.826 bits per heavy atom. The van der Waals surface area contributed by atoms with E-state index in [0.29, 0.717) is 26.0 Å². The molecule has 1 aliphatic heterocycles. The standard InChI is InChI=1S/C39H52N2O4S/c1-39(2,3)46-44-30-34(29-33-21-11-6-12-22-33)40-38(43)41-28-14-13-27-36(41)37(42)45-35(25-15-23-31-17-7-4-8-18-31)26-16-24-32-19-9-5-10-20-32/h4-12,17-22,34-36H,13-16,23-30H2,1-3H3,(H,40,43)/t34-,36+/m1/s1. The van der Waals surface area contributed by atoms with Crippen molar-refractivity contribution in [3.05, 3.63) is 108 Å². The van der Waals surface area contributed by atoms with Gasteiger partial charge in [0.25, 0.3) is 0 Å². The zero-order valence-corrected chi connectivity index (χ0v) is 28.7. The minimum absolute atomic E-state index is 0.0538. The highest BCUT2D eigenvalue weighted by molar-refractivity contribution is 7.96. The number of urea groups is 1. The van der Waals surface area contributed by atoms with E-state index in [1.165, 1.54) is 23.2 Å². The summed E-state index contributed by atoms with van der Waals surface area (Å²) in [5.74, 6) is -0.279. The van der Waals surface area contributed by atoms with Crippen molar-refractivity contribution in [1.82, 2.24) is 10.2 Å². The summed E-state index contributed by atoms with van der Waals surface area (Å²) >= 11 is 1.42. The summed E-state index contributed by atoms with van der Waals surface area (Å²) in [4.78, 5) is 29.2. The van der Waals surface area contributed by atoms with Crippen molar-refractivity contribution in [2.75, 3.05) is 13.2 Å². The monoisotopic (exact) mass is 644 g/mol. The van der Waals surface area contributed by atoms with E-state index in [0.717, 1.165) is 56.9 Å². The van der Waals surface area contributed by atoms with E-state index in [4.69, 9.17) is 8.92 Å². The van der Waals surface area contributed by atoms with Crippen LogP contribution in [0.5, 0.6) is 0 Å². The molecule has 2 atom stereocenters. The van der Waals surface area contributed by atoms with E-state index in [1.807, 2.05) is 30.3 Å². The van der Waals surface area contributed by atoms with Gasteiger partial charge in [-0.1, -0.05) is 91.0 Å². The fourth-order valence-electron chi connectivity index (χ4n) is 5.88. The number of carbonyl (C=O) groups excluding carboxylic acids is 2. The molecule has 2 amide bonds. The third kappa shape index (κ3) is 12.8. The lowest BCUT2D eigenvalue weighted by Gasteiger charge is -2.36. The summed E-state index contributed by atoms with van der Waals surface area (Å²) in [6.07, 6.45) is 8.23. The van der Waals surface area contributed by atoms with E-state index in [-0.39, 0.29) is 28.9 Å². The highest BCUT2D eigenvalue weighted by Gasteiger charge is 2.35. The van der Waals surface area contributed by atoms with Crippen molar-refractivity contribution in [1.29, 1.82) is 0 Å². The van der Waals surface area contributed by atoms with Crippen LogP contribution >= 0.6 is 12.0 Å². The Labute approximate surface area is 280 Å². The maximum Gasteiger partial charge on any atom is 0.329 e. The first-order chi connectivity index (χ1) is 22.3.